The quantitative estimate of drug-likeness (QED) is 0.0262. The summed E-state index contributed by atoms with van der Waals surface area (Å²) in [5.41, 5.74) is 0. The topological polar surface area (TPSA) is 78.9 Å². The lowest BCUT2D eigenvalue weighted by Crippen LogP contribution is -2.30. The minimum Gasteiger partial charge on any atom is -0.462 e. The standard InChI is InChI=1S/C59H104O6/c1-4-7-10-13-16-19-22-25-28-29-32-34-37-40-43-46-49-52-58(61)64-55-56(65-59(62)53-50-47-44-41-38-35-31-27-24-21-18-15-12-9-6-3)54-63-57(60)51-48-45-42-39-36-33-30-26-23-20-17-14-11-8-5-2/h25-28,30-32,34,40,43,56H,4-24,29,33,35-39,41-42,44-55H2,1-3H3/b28-25-,30-26-,31-27-,34-32-,43-40-/t56-/m0/s1. The smallest absolute Gasteiger partial charge is 0.306 e. The van der Waals surface area contributed by atoms with Crippen LogP contribution in [0.1, 0.15) is 278 Å². The maximum atomic E-state index is 12.8. The van der Waals surface area contributed by atoms with E-state index in [0.29, 0.717) is 19.3 Å². The van der Waals surface area contributed by atoms with E-state index in [9.17, 15) is 14.4 Å². The van der Waals surface area contributed by atoms with Gasteiger partial charge in [0.15, 0.2) is 6.10 Å². The van der Waals surface area contributed by atoms with Gasteiger partial charge in [0.2, 0.25) is 0 Å². The van der Waals surface area contributed by atoms with Crippen LogP contribution >= 0.6 is 0 Å². The van der Waals surface area contributed by atoms with Crippen molar-refractivity contribution >= 4 is 17.9 Å². The molecule has 0 aromatic heterocycles. The van der Waals surface area contributed by atoms with E-state index in [1.165, 1.54) is 154 Å². The first-order valence-corrected chi connectivity index (χ1v) is 27.8. The Morgan fingerprint density at radius 1 is 0.308 bits per heavy atom. The minimum absolute atomic E-state index is 0.0968. The zero-order valence-electron chi connectivity index (χ0n) is 43.0. The van der Waals surface area contributed by atoms with Crippen molar-refractivity contribution in [3.63, 3.8) is 0 Å². The molecule has 0 saturated heterocycles. The van der Waals surface area contributed by atoms with E-state index in [1.807, 2.05) is 0 Å². The summed E-state index contributed by atoms with van der Waals surface area (Å²) in [6.07, 6.45) is 66.4. The van der Waals surface area contributed by atoms with Gasteiger partial charge in [-0.05, 0) is 103 Å². The molecule has 0 bridgehead atoms. The average Bonchev–Trinajstić information content (AvgIpc) is 3.30. The van der Waals surface area contributed by atoms with Crippen LogP contribution in [0.3, 0.4) is 0 Å². The molecule has 0 spiro atoms. The van der Waals surface area contributed by atoms with E-state index in [-0.39, 0.29) is 37.5 Å². The van der Waals surface area contributed by atoms with Gasteiger partial charge in [-0.25, -0.2) is 0 Å². The third kappa shape index (κ3) is 51.9. The van der Waals surface area contributed by atoms with Crippen molar-refractivity contribution in [2.75, 3.05) is 13.2 Å². The Morgan fingerprint density at radius 2 is 0.569 bits per heavy atom. The Balaban J connectivity index is 4.47. The lowest BCUT2D eigenvalue weighted by molar-refractivity contribution is -0.167. The SMILES string of the molecule is CCCCCCCC/C=C\C/C=C\C/C=C\CCCC(=O)OC[C@H](COC(=O)CCCCCCC/C=C\CCCCCCCC)OC(=O)CCCCCCC/C=C\CCCCCCCC. The minimum atomic E-state index is -0.801. The van der Waals surface area contributed by atoms with E-state index in [1.54, 1.807) is 0 Å². The molecular weight excluding hydrogens is 805 g/mol. The fourth-order valence-corrected chi connectivity index (χ4v) is 7.74. The zero-order chi connectivity index (χ0) is 47.2. The summed E-state index contributed by atoms with van der Waals surface area (Å²) in [4.78, 5) is 38.0. The number of carbonyl (C=O) groups is 3. The highest BCUT2D eigenvalue weighted by Gasteiger charge is 2.19. The van der Waals surface area contributed by atoms with Crippen LogP contribution in [0.5, 0.6) is 0 Å². The van der Waals surface area contributed by atoms with Crippen molar-refractivity contribution in [1.29, 1.82) is 0 Å². The van der Waals surface area contributed by atoms with Gasteiger partial charge in [-0.1, -0.05) is 216 Å². The Morgan fingerprint density at radius 3 is 0.938 bits per heavy atom. The first-order chi connectivity index (χ1) is 32.0. The predicted octanol–water partition coefficient (Wildman–Crippen LogP) is 18.4. The molecule has 0 rings (SSSR count). The van der Waals surface area contributed by atoms with Crippen molar-refractivity contribution in [2.24, 2.45) is 0 Å². The number of hydrogen-bond donors (Lipinski definition) is 0. The van der Waals surface area contributed by atoms with Gasteiger partial charge in [0.05, 0.1) is 0 Å². The van der Waals surface area contributed by atoms with Crippen molar-refractivity contribution in [2.45, 2.75) is 284 Å². The molecule has 6 heteroatoms. The number of allylic oxidation sites excluding steroid dienone is 10. The van der Waals surface area contributed by atoms with E-state index < -0.39 is 6.10 Å². The first-order valence-electron chi connectivity index (χ1n) is 27.8. The molecule has 0 aliphatic rings. The fraction of sp³-hybridized carbons (Fsp3) is 0.780. The van der Waals surface area contributed by atoms with Crippen LogP contribution in [0, 0.1) is 0 Å². The largest absolute Gasteiger partial charge is 0.462 e. The number of esters is 3. The van der Waals surface area contributed by atoms with Gasteiger partial charge < -0.3 is 14.2 Å². The summed E-state index contributed by atoms with van der Waals surface area (Å²) in [7, 11) is 0. The van der Waals surface area contributed by atoms with Gasteiger partial charge in [0, 0.05) is 19.3 Å². The molecule has 0 saturated carbocycles. The summed E-state index contributed by atoms with van der Waals surface area (Å²) < 4.78 is 16.8. The first kappa shape index (κ1) is 62.1. The number of hydrogen-bond acceptors (Lipinski definition) is 6. The van der Waals surface area contributed by atoms with Crippen molar-refractivity contribution in [3.05, 3.63) is 60.8 Å². The van der Waals surface area contributed by atoms with Crippen molar-refractivity contribution in [1.82, 2.24) is 0 Å². The number of unbranched alkanes of at least 4 members (excludes halogenated alkanes) is 29. The lowest BCUT2D eigenvalue weighted by atomic mass is 10.1. The summed E-state index contributed by atoms with van der Waals surface area (Å²) in [5.74, 6) is -0.960. The Hall–Kier alpha value is -2.89. The highest BCUT2D eigenvalue weighted by molar-refractivity contribution is 5.71. The van der Waals surface area contributed by atoms with Crippen molar-refractivity contribution in [3.8, 4) is 0 Å². The van der Waals surface area contributed by atoms with Crippen LogP contribution in [-0.2, 0) is 28.6 Å². The van der Waals surface area contributed by atoms with Crippen LogP contribution < -0.4 is 0 Å². The Kier molecular flexibility index (Phi) is 51.3. The molecule has 0 aliphatic carbocycles. The molecule has 0 aliphatic heterocycles. The number of carbonyl (C=O) groups excluding carboxylic acids is 3. The second-order valence-electron chi connectivity index (χ2n) is 18.5. The fourth-order valence-electron chi connectivity index (χ4n) is 7.74. The van der Waals surface area contributed by atoms with Crippen LogP contribution in [0.15, 0.2) is 60.8 Å². The highest BCUT2D eigenvalue weighted by Crippen LogP contribution is 2.14. The molecule has 65 heavy (non-hydrogen) atoms. The molecule has 0 N–H and O–H groups in total. The van der Waals surface area contributed by atoms with E-state index in [0.717, 1.165) is 77.0 Å². The van der Waals surface area contributed by atoms with E-state index >= 15 is 0 Å². The molecular formula is C59H104O6. The monoisotopic (exact) mass is 909 g/mol. The summed E-state index contributed by atoms with van der Waals surface area (Å²) >= 11 is 0. The molecule has 0 aromatic carbocycles. The van der Waals surface area contributed by atoms with E-state index in [2.05, 4.69) is 81.5 Å². The lowest BCUT2D eigenvalue weighted by Gasteiger charge is -2.18. The summed E-state index contributed by atoms with van der Waals surface area (Å²) in [5, 5.41) is 0. The van der Waals surface area contributed by atoms with Crippen LogP contribution in [-0.4, -0.2) is 37.2 Å². The molecule has 0 radical (unpaired) electrons. The van der Waals surface area contributed by atoms with Gasteiger partial charge in [0.25, 0.3) is 0 Å². The molecule has 0 amide bonds. The third-order valence-electron chi connectivity index (χ3n) is 12.0. The third-order valence-corrected chi connectivity index (χ3v) is 12.0. The molecule has 1 atom stereocenters. The predicted molar refractivity (Wildman–Crippen MR) is 279 cm³/mol. The second kappa shape index (κ2) is 53.7. The number of ether oxygens (including phenoxy) is 3. The molecule has 376 valence electrons. The normalized spacial score (nSPS) is 12.5. The van der Waals surface area contributed by atoms with Crippen LogP contribution in [0.2, 0.25) is 0 Å². The molecule has 0 aromatic rings. The van der Waals surface area contributed by atoms with E-state index in [4.69, 9.17) is 14.2 Å². The van der Waals surface area contributed by atoms with Gasteiger partial charge in [-0.15, -0.1) is 0 Å². The molecule has 0 heterocycles. The summed E-state index contributed by atoms with van der Waals surface area (Å²) in [6, 6.07) is 0. The second-order valence-corrected chi connectivity index (χ2v) is 18.5. The molecule has 0 fully saturated rings. The Labute approximate surface area is 402 Å². The highest BCUT2D eigenvalue weighted by atomic mass is 16.6. The van der Waals surface area contributed by atoms with Gasteiger partial charge in [-0.3, -0.25) is 14.4 Å². The Bertz CT molecular complexity index is 1180. The van der Waals surface area contributed by atoms with Gasteiger partial charge in [0.1, 0.15) is 13.2 Å². The van der Waals surface area contributed by atoms with Crippen molar-refractivity contribution < 1.29 is 28.6 Å². The molecule has 6 nitrogen and oxygen atoms in total. The maximum absolute atomic E-state index is 12.8. The zero-order valence-corrected chi connectivity index (χ0v) is 43.0. The molecule has 0 unspecified atom stereocenters. The number of rotatable bonds is 50. The van der Waals surface area contributed by atoms with Crippen LogP contribution in [0.25, 0.3) is 0 Å². The summed E-state index contributed by atoms with van der Waals surface area (Å²) in [6.45, 7) is 6.58. The maximum Gasteiger partial charge on any atom is 0.306 e. The van der Waals surface area contributed by atoms with Gasteiger partial charge >= 0.3 is 17.9 Å². The van der Waals surface area contributed by atoms with Crippen LogP contribution in [0.4, 0.5) is 0 Å². The average molecular weight is 909 g/mol. The van der Waals surface area contributed by atoms with Gasteiger partial charge in [-0.2, -0.15) is 0 Å².